The van der Waals surface area contributed by atoms with E-state index in [2.05, 4.69) is 15.4 Å². The van der Waals surface area contributed by atoms with Crippen molar-refractivity contribution in [2.24, 2.45) is 0 Å². The number of hydrogen-bond acceptors (Lipinski definition) is 3. The number of hydrogen-bond donors (Lipinski definition) is 1. The van der Waals surface area contributed by atoms with Crippen LogP contribution in [0.4, 0.5) is 4.39 Å². The molecule has 1 heterocycles. The summed E-state index contributed by atoms with van der Waals surface area (Å²) >= 11 is 0. The maximum atomic E-state index is 13.1. The second kappa shape index (κ2) is 6.83. The van der Waals surface area contributed by atoms with Crippen LogP contribution in [-0.2, 0) is 13.1 Å². The highest BCUT2D eigenvalue weighted by Gasteiger charge is 2.06. The van der Waals surface area contributed by atoms with Crippen LogP contribution in [0.5, 0.6) is 0 Å². The molecule has 0 radical (unpaired) electrons. The smallest absolute Gasteiger partial charge is 0.251 e. The standard InChI is InChI=1S/C17H15FN4O/c18-16-3-1-2-15(8-16)17(23)20-9-13-4-6-14(7-5-13)10-22-12-19-11-21-22/h1-8,11-12H,9-10H2,(H,20,23). The Kier molecular flexibility index (Phi) is 4.42. The second-order valence-corrected chi connectivity index (χ2v) is 5.10. The van der Waals surface area contributed by atoms with Gasteiger partial charge in [-0.25, -0.2) is 14.1 Å². The van der Waals surface area contributed by atoms with Crippen molar-refractivity contribution in [1.29, 1.82) is 0 Å². The molecule has 23 heavy (non-hydrogen) atoms. The van der Waals surface area contributed by atoms with Crippen LogP contribution in [-0.4, -0.2) is 20.7 Å². The van der Waals surface area contributed by atoms with E-state index in [0.29, 0.717) is 18.7 Å². The SMILES string of the molecule is O=C(NCc1ccc(Cn2cncn2)cc1)c1cccc(F)c1. The molecule has 0 aliphatic carbocycles. The van der Waals surface area contributed by atoms with Gasteiger partial charge in [-0.3, -0.25) is 4.79 Å². The average Bonchev–Trinajstić information content (AvgIpc) is 3.07. The molecule has 0 atom stereocenters. The average molecular weight is 310 g/mol. The molecular weight excluding hydrogens is 295 g/mol. The van der Waals surface area contributed by atoms with E-state index in [0.717, 1.165) is 11.1 Å². The van der Waals surface area contributed by atoms with Gasteiger partial charge in [0.25, 0.3) is 5.91 Å². The molecule has 1 N–H and O–H groups in total. The lowest BCUT2D eigenvalue weighted by molar-refractivity contribution is 0.0950. The van der Waals surface area contributed by atoms with E-state index in [1.165, 1.54) is 24.5 Å². The summed E-state index contributed by atoms with van der Waals surface area (Å²) in [5, 5.41) is 6.83. The molecular formula is C17H15FN4O. The van der Waals surface area contributed by atoms with Gasteiger partial charge >= 0.3 is 0 Å². The van der Waals surface area contributed by atoms with Gasteiger partial charge in [0, 0.05) is 12.1 Å². The van der Waals surface area contributed by atoms with Crippen LogP contribution >= 0.6 is 0 Å². The fraction of sp³-hybridized carbons (Fsp3) is 0.118. The fourth-order valence-corrected chi connectivity index (χ4v) is 2.18. The molecule has 5 nitrogen and oxygen atoms in total. The Morgan fingerprint density at radius 1 is 1.13 bits per heavy atom. The van der Waals surface area contributed by atoms with Crippen molar-refractivity contribution in [3.05, 3.63) is 83.7 Å². The largest absolute Gasteiger partial charge is 0.348 e. The molecule has 0 fully saturated rings. The second-order valence-electron chi connectivity index (χ2n) is 5.10. The number of nitrogens with zero attached hydrogens (tertiary/aromatic N) is 3. The lowest BCUT2D eigenvalue weighted by Crippen LogP contribution is -2.22. The number of rotatable bonds is 5. The van der Waals surface area contributed by atoms with E-state index in [1.807, 2.05) is 24.3 Å². The normalized spacial score (nSPS) is 10.5. The minimum Gasteiger partial charge on any atom is -0.348 e. The Morgan fingerprint density at radius 3 is 2.61 bits per heavy atom. The van der Waals surface area contributed by atoms with Crippen LogP contribution in [0, 0.1) is 5.82 Å². The fourth-order valence-electron chi connectivity index (χ4n) is 2.18. The van der Waals surface area contributed by atoms with Gasteiger partial charge in [-0.2, -0.15) is 5.10 Å². The van der Waals surface area contributed by atoms with Gasteiger partial charge < -0.3 is 5.32 Å². The number of amides is 1. The zero-order valence-corrected chi connectivity index (χ0v) is 12.3. The van der Waals surface area contributed by atoms with E-state index in [9.17, 15) is 9.18 Å². The first kappa shape index (κ1) is 14.9. The third-order valence-electron chi connectivity index (χ3n) is 3.37. The highest BCUT2D eigenvalue weighted by atomic mass is 19.1. The molecule has 0 aliphatic heterocycles. The van der Waals surface area contributed by atoms with Crippen LogP contribution in [0.3, 0.4) is 0 Å². The molecule has 0 spiro atoms. The highest BCUT2D eigenvalue weighted by Crippen LogP contribution is 2.07. The number of carbonyl (C=O) groups is 1. The minimum atomic E-state index is -0.421. The zero-order chi connectivity index (χ0) is 16.1. The van der Waals surface area contributed by atoms with Gasteiger partial charge in [0.15, 0.2) is 0 Å². The monoisotopic (exact) mass is 310 g/mol. The van der Waals surface area contributed by atoms with E-state index in [1.54, 1.807) is 17.1 Å². The van der Waals surface area contributed by atoms with Gasteiger partial charge in [-0.15, -0.1) is 0 Å². The molecule has 0 saturated heterocycles. The van der Waals surface area contributed by atoms with E-state index in [-0.39, 0.29) is 5.91 Å². The molecule has 0 aliphatic rings. The first-order valence-corrected chi connectivity index (χ1v) is 7.15. The number of nitrogens with one attached hydrogen (secondary N) is 1. The van der Waals surface area contributed by atoms with E-state index >= 15 is 0 Å². The van der Waals surface area contributed by atoms with E-state index < -0.39 is 5.82 Å². The Hall–Kier alpha value is -3.02. The topological polar surface area (TPSA) is 59.8 Å². The maximum absolute atomic E-state index is 13.1. The number of carbonyl (C=O) groups excluding carboxylic acids is 1. The molecule has 3 aromatic rings. The first-order chi connectivity index (χ1) is 11.2. The summed E-state index contributed by atoms with van der Waals surface area (Å²) in [6.45, 7) is 1.04. The summed E-state index contributed by atoms with van der Waals surface area (Å²) in [5.74, 6) is -0.716. The molecule has 116 valence electrons. The van der Waals surface area contributed by atoms with Crippen molar-refractivity contribution in [1.82, 2.24) is 20.1 Å². The lowest BCUT2D eigenvalue weighted by atomic mass is 10.1. The van der Waals surface area contributed by atoms with Crippen molar-refractivity contribution in [3.63, 3.8) is 0 Å². The summed E-state index contributed by atoms with van der Waals surface area (Å²) < 4.78 is 14.8. The Bertz CT molecular complexity index is 785. The Labute approximate surface area is 132 Å². The molecule has 2 aromatic carbocycles. The summed E-state index contributed by atoms with van der Waals surface area (Å²) in [5.41, 5.74) is 2.38. The third-order valence-corrected chi connectivity index (χ3v) is 3.37. The van der Waals surface area contributed by atoms with Crippen LogP contribution in [0.25, 0.3) is 0 Å². The summed E-state index contributed by atoms with van der Waals surface area (Å²) in [4.78, 5) is 15.8. The maximum Gasteiger partial charge on any atom is 0.251 e. The summed E-state index contributed by atoms with van der Waals surface area (Å²) in [6.07, 6.45) is 3.16. The van der Waals surface area contributed by atoms with Crippen LogP contribution in [0.1, 0.15) is 21.5 Å². The van der Waals surface area contributed by atoms with Crippen LogP contribution < -0.4 is 5.32 Å². The minimum absolute atomic E-state index is 0.295. The molecule has 6 heteroatoms. The Morgan fingerprint density at radius 2 is 1.91 bits per heavy atom. The van der Waals surface area contributed by atoms with Gasteiger partial charge in [0.2, 0.25) is 0 Å². The Balaban J connectivity index is 1.57. The summed E-state index contributed by atoms with van der Waals surface area (Å²) in [6, 6.07) is 13.5. The summed E-state index contributed by atoms with van der Waals surface area (Å²) in [7, 11) is 0. The van der Waals surface area contributed by atoms with E-state index in [4.69, 9.17) is 0 Å². The van der Waals surface area contributed by atoms with Crippen LogP contribution in [0.2, 0.25) is 0 Å². The number of halogens is 1. The van der Waals surface area contributed by atoms with Gasteiger partial charge in [-0.1, -0.05) is 30.3 Å². The van der Waals surface area contributed by atoms with Crippen molar-refractivity contribution in [3.8, 4) is 0 Å². The zero-order valence-electron chi connectivity index (χ0n) is 12.3. The lowest BCUT2D eigenvalue weighted by Gasteiger charge is -2.07. The highest BCUT2D eigenvalue weighted by molar-refractivity contribution is 5.94. The van der Waals surface area contributed by atoms with Gasteiger partial charge in [-0.05, 0) is 29.3 Å². The molecule has 1 amide bonds. The van der Waals surface area contributed by atoms with Gasteiger partial charge in [0.05, 0.1) is 6.54 Å². The quantitative estimate of drug-likeness (QED) is 0.787. The van der Waals surface area contributed by atoms with Crippen molar-refractivity contribution in [2.45, 2.75) is 13.1 Å². The number of benzene rings is 2. The predicted molar refractivity (Wildman–Crippen MR) is 83.1 cm³/mol. The first-order valence-electron chi connectivity index (χ1n) is 7.15. The predicted octanol–water partition coefficient (Wildman–Crippen LogP) is 2.40. The third kappa shape index (κ3) is 4.00. The molecule has 3 rings (SSSR count). The molecule has 1 aromatic heterocycles. The molecule has 0 bridgehead atoms. The number of aromatic nitrogens is 3. The van der Waals surface area contributed by atoms with Gasteiger partial charge in [0.1, 0.15) is 18.5 Å². The van der Waals surface area contributed by atoms with Crippen molar-refractivity contribution in [2.75, 3.05) is 0 Å². The molecule has 0 saturated carbocycles. The van der Waals surface area contributed by atoms with Crippen molar-refractivity contribution < 1.29 is 9.18 Å². The van der Waals surface area contributed by atoms with Crippen molar-refractivity contribution >= 4 is 5.91 Å². The molecule has 0 unspecified atom stereocenters. The van der Waals surface area contributed by atoms with Crippen LogP contribution in [0.15, 0.2) is 61.2 Å².